The lowest BCUT2D eigenvalue weighted by Crippen LogP contribution is -2.38. The molecule has 0 bridgehead atoms. The highest BCUT2D eigenvalue weighted by Crippen LogP contribution is 2.35. The first kappa shape index (κ1) is 14.8. The van der Waals surface area contributed by atoms with Gasteiger partial charge in [-0.15, -0.1) is 0 Å². The average Bonchev–Trinajstić information content (AvgIpc) is 2.82. The van der Waals surface area contributed by atoms with Gasteiger partial charge in [0.15, 0.2) is 0 Å². The number of fused-ring (bicyclic) bond motifs is 1. The number of amides is 1. The maximum Gasteiger partial charge on any atom is 0.238 e. The first-order chi connectivity index (χ1) is 10.1. The van der Waals surface area contributed by atoms with Crippen LogP contribution in [0.25, 0.3) is 0 Å². The fourth-order valence-corrected chi connectivity index (χ4v) is 3.90. The summed E-state index contributed by atoms with van der Waals surface area (Å²) in [4.78, 5) is 14.4. The molecule has 1 aliphatic heterocycles. The van der Waals surface area contributed by atoms with E-state index in [0.717, 1.165) is 25.2 Å². The van der Waals surface area contributed by atoms with E-state index in [9.17, 15) is 4.79 Å². The number of hydrogen-bond acceptors (Lipinski definition) is 3. The van der Waals surface area contributed by atoms with E-state index in [1.807, 2.05) is 12.1 Å². The van der Waals surface area contributed by atoms with Crippen LogP contribution in [0, 0.1) is 11.8 Å². The molecular formula is C16H22ClN3O. The summed E-state index contributed by atoms with van der Waals surface area (Å²) in [5.74, 6) is 1.26. The monoisotopic (exact) mass is 307 g/mol. The Balaban J connectivity index is 1.54. The molecule has 3 N–H and O–H groups in total. The third-order valence-corrected chi connectivity index (χ3v) is 4.94. The standard InChI is InChI=1S/C16H22ClN3O/c17-12-4-2-5-13(7-12)19-16(21)10-20-8-11-3-1-6-15(18)14(11)9-20/h2,4-5,7,11,14-15H,1,3,6,8-10,18H2,(H,19,21). The zero-order valence-electron chi connectivity index (χ0n) is 12.1. The van der Waals surface area contributed by atoms with Gasteiger partial charge in [0.05, 0.1) is 6.54 Å². The van der Waals surface area contributed by atoms with Gasteiger partial charge in [-0.05, 0) is 42.9 Å². The number of carbonyl (C=O) groups excluding carboxylic acids is 1. The maximum absolute atomic E-state index is 12.1. The molecule has 5 heteroatoms. The van der Waals surface area contributed by atoms with E-state index in [4.69, 9.17) is 17.3 Å². The minimum atomic E-state index is 0.0180. The minimum absolute atomic E-state index is 0.0180. The summed E-state index contributed by atoms with van der Waals surface area (Å²) >= 11 is 5.92. The maximum atomic E-state index is 12.1. The van der Waals surface area contributed by atoms with E-state index < -0.39 is 0 Å². The number of nitrogens with one attached hydrogen (secondary N) is 1. The fourth-order valence-electron chi connectivity index (χ4n) is 3.71. The van der Waals surface area contributed by atoms with Crippen molar-refractivity contribution < 1.29 is 4.79 Å². The van der Waals surface area contributed by atoms with Crippen molar-refractivity contribution in [2.45, 2.75) is 25.3 Å². The molecule has 2 fully saturated rings. The smallest absolute Gasteiger partial charge is 0.238 e. The Bertz CT molecular complexity index is 522. The van der Waals surface area contributed by atoms with Crippen molar-refractivity contribution in [3.8, 4) is 0 Å². The Labute approximate surface area is 130 Å². The number of carbonyl (C=O) groups is 1. The number of nitrogens with two attached hydrogens (primary N) is 1. The van der Waals surface area contributed by atoms with Crippen LogP contribution in [0.15, 0.2) is 24.3 Å². The molecule has 1 aliphatic carbocycles. The van der Waals surface area contributed by atoms with Crippen LogP contribution in [0.1, 0.15) is 19.3 Å². The van der Waals surface area contributed by atoms with Crippen molar-refractivity contribution in [3.05, 3.63) is 29.3 Å². The van der Waals surface area contributed by atoms with E-state index in [-0.39, 0.29) is 5.91 Å². The average molecular weight is 308 g/mol. The predicted molar refractivity (Wildman–Crippen MR) is 85.3 cm³/mol. The van der Waals surface area contributed by atoms with E-state index in [1.54, 1.807) is 12.1 Å². The topological polar surface area (TPSA) is 58.4 Å². The highest BCUT2D eigenvalue weighted by atomic mass is 35.5. The molecule has 3 atom stereocenters. The lowest BCUT2D eigenvalue weighted by molar-refractivity contribution is -0.117. The molecule has 1 aromatic carbocycles. The van der Waals surface area contributed by atoms with Gasteiger partial charge in [0.1, 0.15) is 0 Å². The van der Waals surface area contributed by atoms with Crippen LogP contribution in [-0.4, -0.2) is 36.5 Å². The van der Waals surface area contributed by atoms with Gasteiger partial charge in [-0.25, -0.2) is 0 Å². The van der Waals surface area contributed by atoms with Gasteiger partial charge in [0, 0.05) is 29.8 Å². The van der Waals surface area contributed by atoms with Crippen LogP contribution >= 0.6 is 11.6 Å². The molecule has 0 aromatic heterocycles. The zero-order chi connectivity index (χ0) is 14.8. The van der Waals surface area contributed by atoms with Gasteiger partial charge in [0.25, 0.3) is 0 Å². The number of benzene rings is 1. The van der Waals surface area contributed by atoms with Crippen molar-refractivity contribution in [2.24, 2.45) is 17.6 Å². The minimum Gasteiger partial charge on any atom is -0.327 e. The summed E-state index contributed by atoms with van der Waals surface area (Å²) in [7, 11) is 0. The predicted octanol–water partition coefficient (Wildman–Crippen LogP) is 2.34. The number of nitrogens with zero attached hydrogens (tertiary/aromatic N) is 1. The second-order valence-electron chi connectivity index (χ2n) is 6.27. The molecule has 1 heterocycles. The van der Waals surface area contributed by atoms with Gasteiger partial charge >= 0.3 is 0 Å². The SMILES string of the molecule is NC1CCCC2CN(CC(=O)Nc3cccc(Cl)c3)CC12. The van der Waals surface area contributed by atoms with E-state index in [2.05, 4.69) is 10.2 Å². The molecule has 3 rings (SSSR count). The van der Waals surface area contributed by atoms with Gasteiger partial charge in [-0.1, -0.05) is 24.1 Å². The van der Waals surface area contributed by atoms with Crippen LogP contribution in [-0.2, 0) is 4.79 Å². The Morgan fingerprint density at radius 2 is 2.24 bits per heavy atom. The summed E-state index contributed by atoms with van der Waals surface area (Å²) in [6.45, 7) is 2.39. The first-order valence-electron chi connectivity index (χ1n) is 7.65. The van der Waals surface area contributed by atoms with Crippen molar-refractivity contribution in [2.75, 3.05) is 25.0 Å². The van der Waals surface area contributed by atoms with Crippen molar-refractivity contribution >= 4 is 23.2 Å². The molecule has 0 spiro atoms. The molecule has 2 aliphatic rings. The molecule has 1 aromatic rings. The lowest BCUT2D eigenvalue weighted by Gasteiger charge is -2.29. The Kier molecular flexibility index (Phi) is 4.48. The second-order valence-corrected chi connectivity index (χ2v) is 6.71. The first-order valence-corrected chi connectivity index (χ1v) is 8.03. The van der Waals surface area contributed by atoms with Gasteiger partial charge in [-0.2, -0.15) is 0 Å². The highest BCUT2D eigenvalue weighted by molar-refractivity contribution is 6.30. The number of halogens is 1. The summed E-state index contributed by atoms with van der Waals surface area (Å²) in [6, 6.07) is 7.55. The van der Waals surface area contributed by atoms with E-state index in [0.29, 0.717) is 29.4 Å². The quantitative estimate of drug-likeness (QED) is 0.901. The van der Waals surface area contributed by atoms with Crippen LogP contribution in [0.2, 0.25) is 5.02 Å². The van der Waals surface area contributed by atoms with Crippen LogP contribution in [0.5, 0.6) is 0 Å². The lowest BCUT2D eigenvalue weighted by atomic mass is 9.78. The van der Waals surface area contributed by atoms with E-state index in [1.165, 1.54) is 12.8 Å². The van der Waals surface area contributed by atoms with Crippen LogP contribution in [0.4, 0.5) is 5.69 Å². The van der Waals surface area contributed by atoms with Gasteiger partial charge in [-0.3, -0.25) is 9.69 Å². The van der Waals surface area contributed by atoms with Gasteiger partial charge < -0.3 is 11.1 Å². The number of anilines is 1. The number of hydrogen-bond donors (Lipinski definition) is 2. The second kappa shape index (κ2) is 6.34. The zero-order valence-corrected chi connectivity index (χ0v) is 12.9. The van der Waals surface area contributed by atoms with Crippen molar-refractivity contribution in [3.63, 3.8) is 0 Å². The molecule has 4 nitrogen and oxygen atoms in total. The fraction of sp³-hybridized carbons (Fsp3) is 0.562. The highest BCUT2D eigenvalue weighted by Gasteiger charge is 2.38. The molecule has 114 valence electrons. The number of rotatable bonds is 3. The summed E-state index contributed by atoms with van der Waals surface area (Å²) in [6.07, 6.45) is 3.61. The number of likely N-dealkylation sites (tertiary alicyclic amines) is 1. The largest absolute Gasteiger partial charge is 0.327 e. The summed E-state index contributed by atoms with van der Waals surface area (Å²) < 4.78 is 0. The van der Waals surface area contributed by atoms with Crippen molar-refractivity contribution in [1.82, 2.24) is 4.90 Å². The molecule has 1 saturated heterocycles. The Morgan fingerprint density at radius 1 is 1.38 bits per heavy atom. The Morgan fingerprint density at radius 3 is 3.00 bits per heavy atom. The van der Waals surface area contributed by atoms with Crippen LogP contribution < -0.4 is 11.1 Å². The molecule has 1 amide bonds. The molecule has 0 radical (unpaired) electrons. The normalized spacial score (nSPS) is 29.1. The van der Waals surface area contributed by atoms with Gasteiger partial charge in [0.2, 0.25) is 5.91 Å². The summed E-state index contributed by atoms with van der Waals surface area (Å²) in [5, 5.41) is 3.54. The van der Waals surface area contributed by atoms with Crippen molar-refractivity contribution in [1.29, 1.82) is 0 Å². The van der Waals surface area contributed by atoms with Crippen LogP contribution in [0.3, 0.4) is 0 Å². The molecule has 1 saturated carbocycles. The molecule has 21 heavy (non-hydrogen) atoms. The third kappa shape index (κ3) is 3.57. The molecular weight excluding hydrogens is 286 g/mol. The molecule has 3 unspecified atom stereocenters. The summed E-state index contributed by atoms with van der Waals surface area (Å²) in [5.41, 5.74) is 6.96. The Hall–Kier alpha value is -1.10. The third-order valence-electron chi connectivity index (χ3n) is 4.71. The van der Waals surface area contributed by atoms with E-state index >= 15 is 0 Å².